The minimum Gasteiger partial charge on any atom is -0.367 e. The summed E-state index contributed by atoms with van der Waals surface area (Å²) in [7, 11) is -3.83. The fraction of sp³-hybridized carbons (Fsp3) is 0.294. The van der Waals surface area contributed by atoms with Crippen LogP contribution in [0, 0.1) is 22.9 Å². The normalized spacial score (nSPS) is 15.6. The van der Waals surface area contributed by atoms with E-state index in [4.69, 9.17) is 23.2 Å². The Morgan fingerprint density at radius 3 is 2.29 bits per heavy atom. The first-order valence-electron chi connectivity index (χ1n) is 8.26. The van der Waals surface area contributed by atoms with Crippen molar-refractivity contribution in [3.8, 4) is 0 Å². The Morgan fingerprint density at radius 2 is 1.71 bits per heavy atom. The number of hydrogen-bond donors (Lipinski definition) is 0. The zero-order valence-corrected chi connectivity index (χ0v) is 17.1. The predicted octanol–water partition coefficient (Wildman–Crippen LogP) is 3.86. The van der Waals surface area contributed by atoms with E-state index in [2.05, 4.69) is 0 Å². The number of piperazine rings is 1. The van der Waals surface area contributed by atoms with E-state index < -0.39 is 20.8 Å². The Hall–Kier alpha value is -1.94. The quantitative estimate of drug-likeness (QED) is 0.524. The van der Waals surface area contributed by atoms with E-state index in [1.807, 2.05) is 0 Å². The molecule has 0 spiro atoms. The number of halogens is 3. The van der Waals surface area contributed by atoms with Gasteiger partial charge in [0.05, 0.1) is 21.7 Å². The molecule has 2 aromatic carbocycles. The largest absolute Gasteiger partial charge is 0.367 e. The summed E-state index contributed by atoms with van der Waals surface area (Å²) in [6, 6.07) is 6.24. The number of aryl methyl sites for hydroxylation is 1. The fourth-order valence-electron chi connectivity index (χ4n) is 3.00. The van der Waals surface area contributed by atoms with Gasteiger partial charge in [-0.2, -0.15) is 4.31 Å². The number of sulfonamides is 1. The first kappa shape index (κ1) is 20.8. The minimum atomic E-state index is -3.83. The molecule has 11 heteroatoms. The van der Waals surface area contributed by atoms with Gasteiger partial charge in [0.15, 0.2) is 5.82 Å². The second-order valence-corrected chi connectivity index (χ2v) is 9.04. The Morgan fingerprint density at radius 1 is 1.07 bits per heavy atom. The molecule has 0 aliphatic carbocycles. The number of non-ortho nitro benzene ring substituents is 1. The molecule has 1 fully saturated rings. The van der Waals surface area contributed by atoms with E-state index in [1.54, 1.807) is 11.8 Å². The molecule has 0 radical (unpaired) electrons. The minimum absolute atomic E-state index is 0.0222. The predicted molar refractivity (Wildman–Crippen MR) is 105 cm³/mol. The lowest BCUT2D eigenvalue weighted by molar-refractivity contribution is -0.385. The topological polar surface area (TPSA) is 83.8 Å². The van der Waals surface area contributed by atoms with Crippen LogP contribution in [-0.2, 0) is 10.0 Å². The molecule has 0 atom stereocenters. The summed E-state index contributed by atoms with van der Waals surface area (Å²) in [5.74, 6) is -0.720. The number of rotatable bonds is 4. The number of hydrogen-bond acceptors (Lipinski definition) is 5. The molecule has 1 heterocycles. The third-order valence-corrected chi connectivity index (χ3v) is 7.32. The smallest absolute Gasteiger partial charge is 0.272 e. The van der Waals surface area contributed by atoms with Gasteiger partial charge in [0, 0.05) is 37.3 Å². The number of nitrogens with zero attached hydrogens (tertiary/aromatic N) is 3. The number of benzene rings is 2. The van der Waals surface area contributed by atoms with Gasteiger partial charge in [-0.25, -0.2) is 12.8 Å². The number of nitro groups is 1. The van der Waals surface area contributed by atoms with Crippen molar-refractivity contribution in [3.63, 3.8) is 0 Å². The van der Waals surface area contributed by atoms with Crippen LogP contribution in [0.4, 0.5) is 15.8 Å². The van der Waals surface area contributed by atoms with Crippen molar-refractivity contribution in [2.24, 2.45) is 0 Å². The van der Waals surface area contributed by atoms with Crippen molar-refractivity contribution >= 4 is 44.6 Å². The first-order valence-corrected chi connectivity index (χ1v) is 10.5. The van der Waals surface area contributed by atoms with Gasteiger partial charge in [0.2, 0.25) is 10.0 Å². The van der Waals surface area contributed by atoms with Gasteiger partial charge in [-0.3, -0.25) is 10.1 Å². The summed E-state index contributed by atoms with van der Waals surface area (Å²) in [5.41, 5.74) is 0.453. The van der Waals surface area contributed by atoms with Crippen molar-refractivity contribution in [2.45, 2.75) is 11.8 Å². The fourth-order valence-corrected chi connectivity index (χ4v) is 5.23. The molecule has 0 aromatic heterocycles. The maximum Gasteiger partial charge on any atom is 0.272 e. The summed E-state index contributed by atoms with van der Waals surface area (Å²) in [4.78, 5) is 11.7. The monoisotopic (exact) mass is 447 g/mol. The molecule has 0 bridgehead atoms. The van der Waals surface area contributed by atoms with Crippen LogP contribution in [0.5, 0.6) is 0 Å². The summed E-state index contributed by atoms with van der Waals surface area (Å²) < 4.78 is 41.4. The van der Waals surface area contributed by atoms with E-state index in [-0.39, 0.29) is 47.5 Å². The molecular formula is C17H16Cl2FN3O4S. The van der Waals surface area contributed by atoms with Crippen LogP contribution in [0.1, 0.15) is 5.56 Å². The van der Waals surface area contributed by atoms with Crippen LogP contribution >= 0.6 is 23.2 Å². The van der Waals surface area contributed by atoms with Gasteiger partial charge >= 0.3 is 0 Å². The Bertz CT molecular complexity index is 1040. The molecule has 2 aromatic rings. The Kier molecular flexibility index (Phi) is 5.81. The SMILES string of the molecule is Cc1cc(S(=O)(=O)N2CCN(c3ccc([N+](=O)[O-])cc3F)CC2)c(Cl)cc1Cl. The molecular weight excluding hydrogens is 432 g/mol. The number of nitro benzene ring substituents is 1. The molecule has 0 saturated carbocycles. The molecule has 1 saturated heterocycles. The zero-order chi connectivity index (χ0) is 20.6. The van der Waals surface area contributed by atoms with Crippen LogP contribution in [-0.4, -0.2) is 43.8 Å². The lowest BCUT2D eigenvalue weighted by Gasteiger charge is -2.35. The standard InChI is InChI=1S/C17H16Cl2FN3O4S/c1-11-8-17(14(19)10-13(11)18)28(26,27)22-6-4-21(5-7-22)16-3-2-12(23(24)25)9-15(16)20/h2-3,8-10H,4-7H2,1H3. The molecule has 3 rings (SSSR count). The molecule has 0 amide bonds. The van der Waals surface area contributed by atoms with Gasteiger partial charge in [-0.15, -0.1) is 0 Å². The summed E-state index contributed by atoms with van der Waals surface area (Å²) in [6.07, 6.45) is 0. The molecule has 7 nitrogen and oxygen atoms in total. The van der Waals surface area contributed by atoms with Crippen molar-refractivity contribution in [2.75, 3.05) is 31.1 Å². The maximum atomic E-state index is 14.2. The third kappa shape index (κ3) is 3.93. The highest BCUT2D eigenvalue weighted by molar-refractivity contribution is 7.89. The maximum absolute atomic E-state index is 14.2. The Labute approximate surface area is 171 Å². The Balaban J connectivity index is 1.78. The second kappa shape index (κ2) is 7.82. The highest BCUT2D eigenvalue weighted by Gasteiger charge is 2.31. The van der Waals surface area contributed by atoms with Gasteiger partial charge in [0.25, 0.3) is 5.69 Å². The molecule has 150 valence electrons. The van der Waals surface area contributed by atoms with Crippen molar-refractivity contribution < 1.29 is 17.7 Å². The summed E-state index contributed by atoms with van der Waals surface area (Å²) in [5, 5.41) is 11.2. The number of anilines is 1. The van der Waals surface area contributed by atoms with Crippen LogP contribution in [0.3, 0.4) is 0 Å². The van der Waals surface area contributed by atoms with Crippen LogP contribution in [0.15, 0.2) is 35.2 Å². The lowest BCUT2D eigenvalue weighted by atomic mass is 10.2. The molecule has 1 aliphatic heterocycles. The zero-order valence-electron chi connectivity index (χ0n) is 14.7. The van der Waals surface area contributed by atoms with Crippen molar-refractivity contribution in [1.29, 1.82) is 0 Å². The third-order valence-electron chi connectivity index (χ3n) is 4.55. The van der Waals surface area contributed by atoms with Crippen LogP contribution < -0.4 is 4.90 Å². The van der Waals surface area contributed by atoms with E-state index >= 15 is 0 Å². The van der Waals surface area contributed by atoms with E-state index in [0.717, 1.165) is 6.07 Å². The molecule has 0 unspecified atom stereocenters. The van der Waals surface area contributed by atoms with Crippen molar-refractivity contribution in [3.05, 3.63) is 61.9 Å². The van der Waals surface area contributed by atoms with E-state index in [0.29, 0.717) is 10.6 Å². The molecule has 28 heavy (non-hydrogen) atoms. The average Bonchev–Trinajstić information content (AvgIpc) is 2.64. The first-order chi connectivity index (χ1) is 13.1. The van der Waals surface area contributed by atoms with Gasteiger partial charge in [-0.05, 0) is 30.7 Å². The highest BCUT2D eigenvalue weighted by atomic mass is 35.5. The lowest BCUT2D eigenvalue weighted by Crippen LogP contribution is -2.49. The van der Waals surface area contributed by atoms with E-state index in [9.17, 15) is 22.9 Å². The summed E-state index contributed by atoms with van der Waals surface area (Å²) >= 11 is 12.1. The van der Waals surface area contributed by atoms with Crippen LogP contribution in [0.25, 0.3) is 0 Å². The summed E-state index contributed by atoms with van der Waals surface area (Å²) in [6.45, 7) is 2.40. The van der Waals surface area contributed by atoms with Gasteiger partial charge in [0.1, 0.15) is 4.90 Å². The van der Waals surface area contributed by atoms with Gasteiger partial charge < -0.3 is 4.90 Å². The molecule has 1 aliphatic rings. The van der Waals surface area contributed by atoms with Gasteiger partial charge in [-0.1, -0.05) is 23.2 Å². The highest BCUT2D eigenvalue weighted by Crippen LogP contribution is 2.31. The van der Waals surface area contributed by atoms with E-state index in [1.165, 1.54) is 28.6 Å². The van der Waals surface area contributed by atoms with Crippen LogP contribution in [0.2, 0.25) is 10.0 Å². The average molecular weight is 448 g/mol. The van der Waals surface area contributed by atoms with Crippen molar-refractivity contribution in [1.82, 2.24) is 4.31 Å². The molecule has 0 N–H and O–H groups in total. The second-order valence-electron chi connectivity index (χ2n) is 6.32.